The van der Waals surface area contributed by atoms with E-state index in [1.807, 2.05) is 0 Å². The number of methoxy groups -OCH3 is 2. The zero-order valence-electron chi connectivity index (χ0n) is 19.7. The van der Waals surface area contributed by atoms with Crippen LogP contribution >= 0.6 is 23.2 Å². The van der Waals surface area contributed by atoms with Crippen molar-refractivity contribution in [3.8, 4) is 28.4 Å². The predicted molar refractivity (Wildman–Crippen MR) is 137 cm³/mol. The van der Waals surface area contributed by atoms with E-state index >= 15 is 0 Å². The van der Waals surface area contributed by atoms with Crippen molar-refractivity contribution >= 4 is 45.8 Å². The quantitative estimate of drug-likeness (QED) is 0.263. The third-order valence-corrected chi connectivity index (χ3v) is 6.21. The van der Waals surface area contributed by atoms with Crippen LogP contribution in [0, 0.1) is 0 Å². The molecule has 0 bridgehead atoms. The highest BCUT2D eigenvalue weighted by molar-refractivity contribution is 6.44. The van der Waals surface area contributed by atoms with Crippen molar-refractivity contribution in [2.75, 3.05) is 26.1 Å². The highest BCUT2D eigenvalue weighted by Gasteiger charge is 2.39. The number of rotatable bonds is 7. The van der Waals surface area contributed by atoms with Crippen LogP contribution in [0.1, 0.15) is 5.76 Å². The SMILES string of the molecule is COc1ccc(-c2c(C(F)(F)F)oc3cc(OCC(=O)Nc4cccc(Cl)c4Cl)ccc3c2=O)cc1OC. The Balaban J connectivity index is 1.68. The van der Waals surface area contributed by atoms with Gasteiger partial charge in [-0.2, -0.15) is 13.2 Å². The Morgan fingerprint density at radius 3 is 2.42 bits per heavy atom. The van der Waals surface area contributed by atoms with Crippen LogP contribution in [-0.2, 0) is 11.0 Å². The summed E-state index contributed by atoms with van der Waals surface area (Å²) < 4.78 is 62.9. The molecule has 1 N–H and O–H groups in total. The first-order valence-corrected chi connectivity index (χ1v) is 11.6. The number of alkyl halides is 3. The first kappa shape index (κ1) is 27.2. The van der Waals surface area contributed by atoms with E-state index in [9.17, 15) is 22.8 Å². The van der Waals surface area contributed by atoms with Gasteiger partial charge in [0.25, 0.3) is 5.91 Å². The van der Waals surface area contributed by atoms with E-state index in [1.165, 1.54) is 50.6 Å². The van der Waals surface area contributed by atoms with Crippen molar-refractivity contribution in [2.45, 2.75) is 6.18 Å². The molecule has 0 atom stereocenters. The number of carbonyl (C=O) groups is 1. The molecule has 12 heteroatoms. The topological polar surface area (TPSA) is 87.0 Å². The summed E-state index contributed by atoms with van der Waals surface area (Å²) in [6.45, 7) is -0.506. The number of amides is 1. The van der Waals surface area contributed by atoms with Gasteiger partial charge in [0.15, 0.2) is 18.1 Å². The summed E-state index contributed by atoms with van der Waals surface area (Å²) in [5.41, 5.74) is -1.78. The second-order valence-electron chi connectivity index (χ2n) is 7.80. The maximum absolute atomic E-state index is 14.0. The van der Waals surface area contributed by atoms with Crippen LogP contribution in [0.15, 0.2) is 63.8 Å². The molecule has 0 aliphatic carbocycles. The van der Waals surface area contributed by atoms with Gasteiger partial charge in [0.1, 0.15) is 11.3 Å². The molecule has 4 rings (SSSR count). The van der Waals surface area contributed by atoms with Gasteiger partial charge in [0.2, 0.25) is 11.2 Å². The Labute approximate surface area is 223 Å². The molecule has 0 aliphatic heterocycles. The number of fused-ring (bicyclic) bond motifs is 1. The lowest BCUT2D eigenvalue weighted by Gasteiger charge is -2.15. The van der Waals surface area contributed by atoms with E-state index in [0.717, 1.165) is 6.07 Å². The zero-order valence-corrected chi connectivity index (χ0v) is 21.3. The largest absolute Gasteiger partial charge is 0.493 e. The Bertz CT molecular complexity index is 1590. The number of anilines is 1. The molecule has 1 aromatic heterocycles. The molecule has 7 nitrogen and oxygen atoms in total. The number of ether oxygens (including phenoxy) is 3. The number of hydrogen-bond acceptors (Lipinski definition) is 6. The van der Waals surface area contributed by atoms with Gasteiger partial charge in [0.05, 0.1) is 40.9 Å². The number of nitrogens with one attached hydrogen (secondary N) is 1. The Kier molecular flexibility index (Phi) is 7.75. The van der Waals surface area contributed by atoms with Crippen LogP contribution in [0.4, 0.5) is 18.9 Å². The van der Waals surface area contributed by atoms with Crippen LogP contribution in [0.5, 0.6) is 17.2 Å². The van der Waals surface area contributed by atoms with E-state index in [0.29, 0.717) is 0 Å². The van der Waals surface area contributed by atoms with Crippen molar-refractivity contribution in [1.82, 2.24) is 0 Å². The van der Waals surface area contributed by atoms with Gasteiger partial charge in [0, 0.05) is 6.07 Å². The molecule has 0 saturated carbocycles. The minimum Gasteiger partial charge on any atom is -0.493 e. The summed E-state index contributed by atoms with van der Waals surface area (Å²) in [4.78, 5) is 25.5. The summed E-state index contributed by atoms with van der Waals surface area (Å²) in [6.07, 6.45) is -5.00. The molecule has 0 fully saturated rings. The molecular formula is C26H18Cl2F3NO6. The van der Waals surface area contributed by atoms with Crippen LogP contribution in [-0.4, -0.2) is 26.7 Å². The number of carbonyl (C=O) groups excluding carboxylic acids is 1. The summed E-state index contributed by atoms with van der Waals surface area (Å²) in [7, 11) is 2.69. The summed E-state index contributed by atoms with van der Waals surface area (Å²) >= 11 is 12.0. The van der Waals surface area contributed by atoms with Gasteiger partial charge < -0.3 is 23.9 Å². The lowest BCUT2D eigenvalue weighted by molar-refractivity contribution is -0.152. The van der Waals surface area contributed by atoms with Crippen molar-refractivity contribution in [2.24, 2.45) is 0 Å². The Morgan fingerprint density at radius 1 is 1.00 bits per heavy atom. The van der Waals surface area contributed by atoms with Crippen molar-refractivity contribution in [3.05, 3.63) is 80.6 Å². The molecule has 1 heterocycles. The molecule has 3 aromatic carbocycles. The fourth-order valence-corrected chi connectivity index (χ4v) is 4.00. The van der Waals surface area contributed by atoms with E-state index in [4.69, 9.17) is 41.8 Å². The van der Waals surface area contributed by atoms with Crippen LogP contribution in [0.2, 0.25) is 10.0 Å². The summed E-state index contributed by atoms with van der Waals surface area (Å²) in [5, 5.41) is 2.78. The Hall–Kier alpha value is -3.89. The van der Waals surface area contributed by atoms with Gasteiger partial charge >= 0.3 is 6.18 Å². The second kappa shape index (κ2) is 10.8. The maximum atomic E-state index is 14.0. The maximum Gasteiger partial charge on any atom is 0.450 e. The highest BCUT2D eigenvalue weighted by atomic mass is 35.5. The van der Waals surface area contributed by atoms with E-state index in [-0.39, 0.29) is 49.5 Å². The standard InChI is InChI=1S/C26H18Cl2F3NO6/c1-35-18-9-6-13(10-20(18)36-2)22-24(34)15-8-7-14(11-19(15)38-25(22)26(29,30)31)37-12-21(33)32-17-5-3-4-16(27)23(17)28/h3-11H,12H2,1-2H3,(H,32,33). The molecule has 1 amide bonds. The van der Waals surface area contributed by atoms with E-state index in [1.54, 1.807) is 12.1 Å². The van der Waals surface area contributed by atoms with Gasteiger partial charge in [-0.05, 0) is 42.0 Å². The fraction of sp³-hybridized carbons (Fsp3) is 0.154. The number of hydrogen-bond donors (Lipinski definition) is 1. The summed E-state index contributed by atoms with van der Waals surface area (Å²) in [5.74, 6) is -1.68. The average Bonchev–Trinajstić information content (AvgIpc) is 2.89. The average molecular weight is 568 g/mol. The van der Waals surface area contributed by atoms with E-state index < -0.39 is 35.4 Å². The molecule has 0 unspecified atom stereocenters. The van der Waals surface area contributed by atoms with Crippen molar-refractivity contribution < 1.29 is 36.6 Å². The molecule has 0 saturated heterocycles. The van der Waals surface area contributed by atoms with E-state index in [2.05, 4.69) is 5.32 Å². The summed E-state index contributed by atoms with van der Waals surface area (Å²) in [6, 6.07) is 12.3. The predicted octanol–water partition coefficient (Wildman–Crippen LogP) is 6.82. The monoisotopic (exact) mass is 567 g/mol. The molecule has 0 aliphatic rings. The molecule has 198 valence electrons. The first-order valence-electron chi connectivity index (χ1n) is 10.8. The Morgan fingerprint density at radius 2 is 1.74 bits per heavy atom. The lowest BCUT2D eigenvalue weighted by atomic mass is 10.0. The lowest BCUT2D eigenvalue weighted by Crippen LogP contribution is -2.20. The zero-order chi connectivity index (χ0) is 27.6. The van der Waals surface area contributed by atoms with Gasteiger partial charge in [-0.3, -0.25) is 9.59 Å². The van der Waals surface area contributed by atoms with Crippen LogP contribution in [0.3, 0.4) is 0 Å². The molecule has 4 aromatic rings. The van der Waals surface area contributed by atoms with Crippen molar-refractivity contribution in [3.63, 3.8) is 0 Å². The first-order chi connectivity index (χ1) is 18.0. The third-order valence-electron chi connectivity index (χ3n) is 5.39. The van der Waals surface area contributed by atoms with Gasteiger partial charge in [-0.1, -0.05) is 35.3 Å². The smallest absolute Gasteiger partial charge is 0.450 e. The van der Waals surface area contributed by atoms with Gasteiger partial charge in [-0.25, -0.2) is 0 Å². The normalized spacial score (nSPS) is 11.3. The van der Waals surface area contributed by atoms with Crippen molar-refractivity contribution in [1.29, 1.82) is 0 Å². The molecular weight excluding hydrogens is 550 g/mol. The number of benzene rings is 3. The fourth-order valence-electron chi connectivity index (χ4n) is 3.65. The third kappa shape index (κ3) is 5.51. The van der Waals surface area contributed by atoms with Crippen LogP contribution < -0.4 is 25.0 Å². The minimum atomic E-state index is -5.00. The second-order valence-corrected chi connectivity index (χ2v) is 8.58. The van der Waals surface area contributed by atoms with Crippen LogP contribution in [0.25, 0.3) is 22.1 Å². The molecule has 0 spiro atoms. The molecule has 38 heavy (non-hydrogen) atoms. The molecule has 0 radical (unpaired) electrons. The minimum absolute atomic E-state index is 0.0000165. The highest BCUT2D eigenvalue weighted by Crippen LogP contribution is 2.40. The number of halogens is 5. The van der Waals surface area contributed by atoms with Gasteiger partial charge in [-0.15, -0.1) is 0 Å².